The van der Waals surface area contributed by atoms with E-state index in [0.29, 0.717) is 38.9 Å². The lowest BCUT2D eigenvalue weighted by Gasteiger charge is -2.46. The summed E-state index contributed by atoms with van der Waals surface area (Å²) >= 11 is 0. The molecule has 168 valence electrons. The molecule has 1 aromatic rings. The first-order valence-corrected chi connectivity index (χ1v) is 9.47. The van der Waals surface area contributed by atoms with Gasteiger partial charge < -0.3 is 30.3 Å². The molecule has 0 aliphatic carbocycles. The smallest absolute Gasteiger partial charge is 0.434 e. The van der Waals surface area contributed by atoms with Gasteiger partial charge >= 0.3 is 12.1 Å². The summed E-state index contributed by atoms with van der Waals surface area (Å²) in [4.78, 5) is 21.6. The Kier molecular flexibility index (Phi) is 7.08. The molecule has 10 nitrogen and oxygen atoms in total. The number of nitrogens with one attached hydrogen (secondary N) is 1. The molecule has 3 rings (SSSR count). The first kappa shape index (κ1) is 22.6. The van der Waals surface area contributed by atoms with Crippen molar-refractivity contribution in [2.24, 2.45) is 0 Å². The zero-order valence-corrected chi connectivity index (χ0v) is 16.0. The van der Waals surface area contributed by atoms with Crippen molar-refractivity contribution in [3.63, 3.8) is 0 Å². The van der Waals surface area contributed by atoms with Gasteiger partial charge in [0, 0.05) is 32.7 Å². The van der Waals surface area contributed by atoms with Crippen LogP contribution in [0.5, 0.6) is 0 Å². The SMILES string of the molecule is O=C(O)CCN1CCN(C2OC[C@H](O)[C@H](O)[C@H]2Nc2cncc(C(F)(F)F)n2)CC1. The average molecular weight is 435 g/mol. The van der Waals surface area contributed by atoms with Gasteiger partial charge in [-0.15, -0.1) is 0 Å². The fourth-order valence-corrected chi connectivity index (χ4v) is 3.53. The summed E-state index contributed by atoms with van der Waals surface area (Å²) in [6, 6.07) is -0.947. The van der Waals surface area contributed by atoms with Gasteiger partial charge in [0.1, 0.15) is 24.3 Å². The van der Waals surface area contributed by atoms with Crippen LogP contribution in [0.1, 0.15) is 12.1 Å². The number of carboxylic acids is 1. The molecule has 2 saturated heterocycles. The Bertz CT molecular complexity index is 732. The number of aliphatic carboxylic acids is 1. The summed E-state index contributed by atoms with van der Waals surface area (Å²) in [7, 11) is 0. The molecule has 1 unspecified atom stereocenters. The zero-order chi connectivity index (χ0) is 21.9. The van der Waals surface area contributed by atoms with E-state index in [9.17, 15) is 28.2 Å². The van der Waals surface area contributed by atoms with Crippen LogP contribution in [0.15, 0.2) is 12.4 Å². The van der Waals surface area contributed by atoms with Crippen LogP contribution in [-0.4, -0.2) is 105 Å². The van der Waals surface area contributed by atoms with Crippen molar-refractivity contribution in [2.75, 3.05) is 44.6 Å². The van der Waals surface area contributed by atoms with Crippen molar-refractivity contribution in [1.82, 2.24) is 19.8 Å². The number of aromatic nitrogens is 2. The maximum Gasteiger partial charge on any atom is 0.434 e. The van der Waals surface area contributed by atoms with Crippen molar-refractivity contribution < 1.29 is 38.0 Å². The highest BCUT2D eigenvalue weighted by atomic mass is 19.4. The van der Waals surface area contributed by atoms with Gasteiger partial charge in [-0.05, 0) is 0 Å². The number of alkyl halides is 3. The fourth-order valence-electron chi connectivity index (χ4n) is 3.53. The molecule has 2 aliphatic heterocycles. The second-order valence-corrected chi connectivity index (χ2v) is 7.26. The molecule has 0 radical (unpaired) electrons. The van der Waals surface area contributed by atoms with Gasteiger partial charge in [-0.1, -0.05) is 0 Å². The van der Waals surface area contributed by atoms with E-state index in [4.69, 9.17) is 9.84 Å². The number of ether oxygens (including phenoxy) is 1. The van der Waals surface area contributed by atoms with E-state index in [2.05, 4.69) is 15.3 Å². The molecule has 0 aromatic carbocycles. The number of rotatable bonds is 6. The Morgan fingerprint density at radius 1 is 1.23 bits per heavy atom. The number of piperazine rings is 1. The maximum absolute atomic E-state index is 12.9. The minimum atomic E-state index is -4.67. The number of carboxylic acid groups (broad SMARTS) is 1. The third-order valence-electron chi connectivity index (χ3n) is 5.16. The zero-order valence-electron chi connectivity index (χ0n) is 16.0. The molecular formula is C17H24F3N5O5. The van der Waals surface area contributed by atoms with Crippen LogP contribution in [0.4, 0.5) is 19.0 Å². The van der Waals surface area contributed by atoms with Crippen LogP contribution in [0.3, 0.4) is 0 Å². The topological polar surface area (TPSA) is 131 Å². The van der Waals surface area contributed by atoms with Gasteiger partial charge in [0.15, 0.2) is 5.69 Å². The minimum absolute atomic E-state index is 0.0310. The molecule has 0 amide bonds. The van der Waals surface area contributed by atoms with Gasteiger partial charge in [0.2, 0.25) is 0 Å². The van der Waals surface area contributed by atoms with Gasteiger partial charge in [0.05, 0.1) is 31.5 Å². The number of halogens is 3. The number of aliphatic hydroxyl groups is 2. The Morgan fingerprint density at radius 3 is 2.57 bits per heavy atom. The van der Waals surface area contributed by atoms with Crippen molar-refractivity contribution in [1.29, 1.82) is 0 Å². The van der Waals surface area contributed by atoms with Crippen molar-refractivity contribution in [3.05, 3.63) is 18.1 Å². The average Bonchev–Trinajstić information content (AvgIpc) is 2.70. The lowest BCUT2D eigenvalue weighted by Crippen LogP contribution is -2.64. The monoisotopic (exact) mass is 435 g/mol. The highest BCUT2D eigenvalue weighted by Crippen LogP contribution is 2.28. The summed E-state index contributed by atoms with van der Waals surface area (Å²) < 4.78 is 44.4. The summed E-state index contributed by atoms with van der Waals surface area (Å²) in [6.45, 7) is 2.43. The Balaban J connectivity index is 1.69. The lowest BCUT2D eigenvalue weighted by atomic mass is 10.00. The lowest BCUT2D eigenvalue weighted by molar-refractivity contribution is -0.180. The number of hydrogen-bond acceptors (Lipinski definition) is 9. The molecular weight excluding hydrogens is 411 g/mol. The Morgan fingerprint density at radius 2 is 1.93 bits per heavy atom. The molecule has 4 atom stereocenters. The molecule has 30 heavy (non-hydrogen) atoms. The van der Waals surface area contributed by atoms with Crippen molar-refractivity contribution in [3.8, 4) is 0 Å². The van der Waals surface area contributed by atoms with E-state index in [1.807, 2.05) is 9.80 Å². The van der Waals surface area contributed by atoms with Crippen LogP contribution in [0.25, 0.3) is 0 Å². The van der Waals surface area contributed by atoms with Crippen LogP contribution in [-0.2, 0) is 15.7 Å². The van der Waals surface area contributed by atoms with Crippen LogP contribution >= 0.6 is 0 Å². The first-order chi connectivity index (χ1) is 14.1. The van der Waals surface area contributed by atoms with E-state index in [1.54, 1.807) is 0 Å². The van der Waals surface area contributed by atoms with Crippen molar-refractivity contribution in [2.45, 2.75) is 37.1 Å². The van der Waals surface area contributed by atoms with Gasteiger partial charge in [-0.2, -0.15) is 13.2 Å². The Labute approximate surface area is 170 Å². The third kappa shape index (κ3) is 5.55. The molecule has 3 heterocycles. The molecule has 2 fully saturated rings. The maximum atomic E-state index is 12.9. The van der Waals surface area contributed by atoms with E-state index >= 15 is 0 Å². The normalized spacial score (nSPS) is 29.0. The van der Waals surface area contributed by atoms with Gasteiger partial charge in [0.25, 0.3) is 0 Å². The van der Waals surface area contributed by atoms with Crippen LogP contribution < -0.4 is 5.32 Å². The van der Waals surface area contributed by atoms with E-state index < -0.39 is 42.3 Å². The molecule has 2 aliphatic rings. The second kappa shape index (κ2) is 9.39. The summed E-state index contributed by atoms with van der Waals surface area (Å²) in [6.07, 6.45) is -6.17. The number of anilines is 1. The quantitative estimate of drug-likeness (QED) is 0.461. The second-order valence-electron chi connectivity index (χ2n) is 7.26. The van der Waals surface area contributed by atoms with E-state index in [1.165, 1.54) is 0 Å². The molecule has 4 N–H and O–H groups in total. The largest absolute Gasteiger partial charge is 0.481 e. The number of nitrogens with zero attached hydrogens (tertiary/aromatic N) is 4. The summed E-state index contributed by atoms with van der Waals surface area (Å²) in [5, 5.41) is 32.0. The molecule has 13 heteroatoms. The van der Waals surface area contributed by atoms with Gasteiger partial charge in [-0.3, -0.25) is 14.7 Å². The molecule has 0 saturated carbocycles. The summed E-state index contributed by atoms with van der Waals surface area (Å²) in [5.74, 6) is -1.08. The minimum Gasteiger partial charge on any atom is -0.481 e. The number of aliphatic hydroxyl groups excluding tert-OH is 2. The van der Waals surface area contributed by atoms with Gasteiger partial charge in [-0.25, -0.2) is 4.98 Å². The Hall–Kier alpha value is -2.06. The highest BCUT2D eigenvalue weighted by Gasteiger charge is 2.43. The first-order valence-electron chi connectivity index (χ1n) is 9.47. The van der Waals surface area contributed by atoms with Crippen LogP contribution in [0, 0.1) is 0 Å². The standard InChI is InChI=1S/C17H24F3N5O5/c18-17(19,20)11-7-21-8-12(22-11)23-14-15(29)10(26)9-30-16(14)25-5-3-24(4-6-25)2-1-13(27)28/h7-8,10,14-16,26,29H,1-6,9H2,(H,22,23)(H,27,28)/t10-,14+,15-,16?/m0/s1. The number of carbonyl (C=O) groups is 1. The summed E-state index contributed by atoms with van der Waals surface area (Å²) in [5.41, 5.74) is -1.18. The molecule has 0 spiro atoms. The highest BCUT2D eigenvalue weighted by molar-refractivity contribution is 5.66. The van der Waals surface area contributed by atoms with E-state index in [0.717, 1.165) is 6.20 Å². The van der Waals surface area contributed by atoms with Crippen LogP contribution in [0.2, 0.25) is 0 Å². The van der Waals surface area contributed by atoms with Crippen molar-refractivity contribution >= 4 is 11.8 Å². The predicted octanol–water partition coefficient (Wildman–Crippen LogP) is -0.554. The molecule has 0 bridgehead atoms. The van der Waals surface area contributed by atoms with E-state index in [-0.39, 0.29) is 18.8 Å². The number of hydrogen-bond donors (Lipinski definition) is 4. The third-order valence-corrected chi connectivity index (χ3v) is 5.16. The molecule has 1 aromatic heterocycles. The predicted molar refractivity (Wildman–Crippen MR) is 96.5 cm³/mol. The fraction of sp³-hybridized carbons (Fsp3) is 0.706.